The number of aliphatic hydroxyl groups excluding tert-OH is 1. The van der Waals surface area contributed by atoms with Gasteiger partial charge in [0.2, 0.25) is 5.91 Å². The van der Waals surface area contributed by atoms with Crippen LogP contribution in [0.1, 0.15) is 44.9 Å². The molecule has 1 saturated carbocycles. The topological polar surface area (TPSA) is 61.4 Å². The lowest BCUT2D eigenvalue weighted by molar-refractivity contribution is -0.123. The molecule has 4 nitrogen and oxygen atoms in total. The predicted molar refractivity (Wildman–Crippen MR) is 66.6 cm³/mol. The second-order valence-electron chi connectivity index (χ2n) is 5.55. The monoisotopic (exact) mass is 240 g/mol. The minimum atomic E-state index is 0.00225. The molecule has 1 unspecified atom stereocenters. The number of hydrogen-bond acceptors (Lipinski definition) is 3. The van der Waals surface area contributed by atoms with Crippen molar-refractivity contribution in [2.45, 2.75) is 51.0 Å². The number of carbonyl (C=O) groups is 1. The fraction of sp³-hybridized carbons (Fsp3) is 0.923. The molecule has 0 aromatic carbocycles. The van der Waals surface area contributed by atoms with E-state index in [0.29, 0.717) is 0 Å². The Labute approximate surface area is 103 Å². The third kappa shape index (κ3) is 3.68. The van der Waals surface area contributed by atoms with Crippen molar-refractivity contribution in [2.75, 3.05) is 19.7 Å². The van der Waals surface area contributed by atoms with Gasteiger partial charge in [0.1, 0.15) is 0 Å². The average Bonchev–Trinajstić information content (AvgIpc) is 3.10. The molecule has 17 heavy (non-hydrogen) atoms. The third-order valence-corrected chi connectivity index (χ3v) is 4.11. The van der Waals surface area contributed by atoms with Gasteiger partial charge in [0, 0.05) is 13.2 Å². The molecule has 0 aromatic rings. The van der Waals surface area contributed by atoms with Gasteiger partial charge in [-0.25, -0.2) is 0 Å². The lowest BCUT2D eigenvalue weighted by Gasteiger charge is -2.19. The van der Waals surface area contributed by atoms with Crippen molar-refractivity contribution >= 4 is 5.91 Å². The summed E-state index contributed by atoms with van der Waals surface area (Å²) in [5.74, 6) is 0.149. The van der Waals surface area contributed by atoms with Crippen LogP contribution < -0.4 is 10.6 Å². The van der Waals surface area contributed by atoms with E-state index in [0.717, 1.165) is 45.2 Å². The zero-order chi connectivity index (χ0) is 12.1. The fourth-order valence-corrected chi connectivity index (χ4v) is 2.58. The summed E-state index contributed by atoms with van der Waals surface area (Å²) in [7, 11) is 0. The second kappa shape index (κ2) is 5.83. The minimum Gasteiger partial charge on any atom is -0.396 e. The van der Waals surface area contributed by atoms with E-state index in [9.17, 15) is 4.79 Å². The van der Waals surface area contributed by atoms with E-state index in [1.165, 1.54) is 12.8 Å². The van der Waals surface area contributed by atoms with Crippen LogP contribution in [-0.2, 0) is 4.79 Å². The van der Waals surface area contributed by atoms with Crippen LogP contribution >= 0.6 is 0 Å². The molecule has 0 aromatic heterocycles. The zero-order valence-electron chi connectivity index (χ0n) is 10.5. The number of nitrogens with one attached hydrogen (secondary N) is 2. The first-order chi connectivity index (χ1) is 8.26. The molecule has 98 valence electrons. The normalized spacial score (nSPS) is 27.2. The third-order valence-electron chi connectivity index (χ3n) is 4.11. The highest BCUT2D eigenvalue weighted by molar-refractivity contribution is 5.81. The van der Waals surface area contributed by atoms with Gasteiger partial charge in [-0.05, 0) is 44.1 Å². The molecule has 1 saturated heterocycles. The standard InChI is InChI=1S/C13H24N2O2/c16-9-7-13(5-6-13)10-15-12(17)11-4-2-1-3-8-14-11/h11,14,16H,1-10H2,(H,15,17). The minimum absolute atomic E-state index is 0.00225. The van der Waals surface area contributed by atoms with Gasteiger partial charge in [-0.15, -0.1) is 0 Å². The van der Waals surface area contributed by atoms with Gasteiger partial charge in [-0.2, -0.15) is 0 Å². The Hall–Kier alpha value is -0.610. The van der Waals surface area contributed by atoms with Gasteiger partial charge in [0.25, 0.3) is 0 Å². The lowest BCUT2D eigenvalue weighted by Crippen LogP contribution is -2.45. The lowest BCUT2D eigenvalue weighted by atomic mass is 10.0. The summed E-state index contributed by atoms with van der Waals surface area (Å²) >= 11 is 0. The summed E-state index contributed by atoms with van der Waals surface area (Å²) in [6.07, 6.45) is 7.62. The highest BCUT2D eigenvalue weighted by Crippen LogP contribution is 2.47. The Morgan fingerprint density at radius 2 is 2.18 bits per heavy atom. The molecule has 1 aliphatic heterocycles. The summed E-state index contributed by atoms with van der Waals surface area (Å²) in [6.45, 7) is 1.93. The zero-order valence-corrected chi connectivity index (χ0v) is 10.5. The fourth-order valence-electron chi connectivity index (χ4n) is 2.58. The summed E-state index contributed by atoms with van der Waals surface area (Å²) in [5.41, 5.74) is 0.217. The Balaban J connectivity index is 1.72. The van der Waals surface area contributed by atoms with Crippen molar-refractivity contribution in [2.24, 2.45) is 5.41 Å². The maximum absolute atomic E-state index is 12.0. The molecule has 2 fully saturated rings. The van der Waals surface area contributed by atoms with Gasteiger partial charge in [-0.1, -0.05) is 12.8 Å². The van der Waals surface area contributed by atoms with E-state index >= 15 is 0 Å². The largest absolute Gasteiger partial charge is 0.396 e. The average molecular weight is 240 g/mol. The molecule has 1 atom stereocenters. The van der Waals surface area contributed by atoms with Gasteiger partial charge in [0.15, 0.2) is 0 Å². The van der Waals surface area contributed by atoms with Crippen LogP contribution in [0.15, 0.2) is 0 Å². The number of hydrogen-bond donors (Lipinski definition) is 3. The number of carbonyl (C=O) groups excluding carboxylic acids is 1. The Morgan fingerprint density at radius 3 is 2.88 bits per heavy atom. The molecule has 4 heteroatoms. The number of aliphatic hydroxyl groups is 1. The molecular formula is C13H24N2O2. The second-order valence-corrected chi connectivity index (χ2v) is 5.55. The SMILES string of the molecule is O=C(NCC1(CCO)CC1)C1CCCCCN1. The quantitative estimate of drug-likeness (QED) is 0.666. The van der Waals surface area contributed by atoms with Crippen LogP contribution in [0, 0.1) is 5.41 Å². The van der Waals surface area contributed by atoms with Crippen molar-refractivity contribution in [1.29, 1.82) is 0 Å². The first-order valence-electron chi connectivity index (χ1n) is 6.88. The van der Waals surface area contributed by atoms with Crippen LogP contribution in [0.4, 0.5) is 0 Å². The van der Waals surface area contributed by atoms with E-state index in [4.69, 9.17) is 5.11 Å². The van der Waals surface area contributed by atoms with Gasteiger partial charge in [0.05, 0.1) is 6.04 Å². The van der Waals surface area contributed by atoms with Crippen molar-refractivity contribution in [3.8, 4) is 0 Å². The van der Waals surface area contributed by atoms with Crippen molar-refractivity contribution < 1.29 is 9.90 Å². The molecule has 1 aliphatic carbocycles. The van der Waals surface area contributed by atoms with Crippen molar-refractivity contribution in [1.82, 2.24) is 10.6 Å². The molecule has 0 spiro atoms. The maximum atomic E-state index is 12.0. The molecule has 1 heterocycles. The van der Waals surface area contributed by atoms with E-state index in [1.807, 2.05) is 0 Å². The number of rotatable bonds is 5. The summed E-state index contributed by atoms with van der Waals surface area (Å²) in [5, 5.41) is 15.3. The van der Waals surface area contributed by atoms with Crippen molar-refractivity contribution in [3.63, 3.8) is 0 Å². The van der Waals surface area contributed by atoms with Gasteiger partial charge in [-0.3, -0.25) is 4.79 Å². The van der Waals surface area contributed by atoms with Gasteiger partial charge >= 0.3 is 0 Å². The van der Waals surface area contributed by atoms with Crippen LogP contribution in [0.2, 0.25) is 0 Å². The van der Waals surface area contributed by atoms with Crippen LogP contribution in [0.25, 0.3) is 0 Å². The summed E-state index contributed by atoms with van der Waals surface area (Å²) in [6, 6.07) is 0.00225. The van der Waals surface area contributed by atoms with Crippen LogP contribution in [-0.4, -0.2) is 36.8 Å². The maximum Gasteiger partial charge on any atom is 0.237 e. The van der Waals surface area contributed by atoms with E-state index in [-0.39, 0.29) is 24.0 Å². The highest BCUT2D eigenvalue weighted by atomic mass is 16.3. The Kier molecular flexibility index (Phi) is 4.40. The van der Waals surface area contributed by atoms with Crippen molar-refractivity contribution in [3.05, 3.63) is 0 Å². The Bertz CT molecular complexity index is 256. The molecular weight excluding hydrogens is 216 g/mol. The van der Waals surface area contributed by atoms with Gasteiger partial charge < -0.3 is 15.7 Å². The first-order valence-corrected chi connectivity index (χ1v) is 6.88. The van der Waals surface area contributed by atoms with E-state index in [2.05, 4.69) is 10.6 Å². The molecule has 2 aliphatic rings. The molecule has 0 bridgehead atoms. The highest BCUT2D eigenvalue weighted by Gasteiger charge is 2.42. The van der Waals surface area contributed by atoms with E-state index < -0.39 is 0 Å². The summed E-state index contributed by atoms with van der Waals surface area (Å²) < 4.78 is 0. The van der Waals surface area contributed by atoms with Crippen LogP contribution in [0.5, 0.6) is 0 Å². The summed E-state index contributed by atoms with van der Waals surface area (Å²) in [4.78, 5) is 12.0. The first kappa shape index (κ1) is 12.8. The molecule has 2 rings (SSSR count). The predicted octanol–water partition coefficient (Wildman–Crippen LogP) is 0.797. The molecule has 3 N–H and O–H groups in total. The number of amides is 1. The Morgan fingerprint density at radius 1 is 1.35 bits per heavy atom. The molecule has 1 amide bonds. The molecule has 0 radical (unpaired) electrons. The van der Waals surface area contributed by atoms with E-state index in [1.54, 1.807) is 0 Å². The smallest absolute Gasteiger partial charge is 0.237 e. The van der Waals surface area contributed by atoms with Crippen LogP contribution in [0.3, 0.4) is 0 Å².